The summed E-state index contributed by atoms with van der Waals surface area (Å²) in [6, 6.07) is 11.9. The number of hydrogen-bond donors (Lipinski definition) is 0. The van der Waals surface area contributed by atoms with Crippen LogP contribution in [0.15, 0.2) is 48.8 Å². The molecule has 90 valence electrons. The first-order valence-corrected chi connectivity index (χ1v) is 6.12. The minimum Gasteiger partial charge on any atom is -0.312 e. The van der Waals surface area contributed by atoms with Crippen molar-refractivity contribution < 1.29 is 4.79 Å². The van der Waals surface area contributed by atoms with Crippen molar-refractivity contribution in [1.82, 2.24) is 4.98 Å². The Kier molecular flexibility index (Phi) is 2.81. The molecule has 0 spiro atoms. The van der Waals surface area contributed by atoms with Crippen LogP contribution in [0.2, 0.25) is 0 Å². The van der Waals surface area contributed by atoms with Crippen LogP contribution in [0.4, 0.5) is 5.69 Å². The fourth-order valence-corrected chi connectivity index (χ4v) is 2.37. The number of nitrogens with zero attached hydrogens (tertiary/aromatic N) is 2. The van der Waals surface area contributed by atoms with E-state index in [2.05, 4.69) is 11.1 Å². The second-order valence-electron chi connectivity index (χ2n) is 4.46. The molecule has 1 aromatic heterocycles. The SMILES string of the molecule is O=C(Cc1ccncc1)N1CCc2ccccc21. The van der Waals surface area contributed by atoms with Gasteiger partial charge in [-0.05, 0) is 35.7 Å². The van der Waals surface area contributed by atoms with Crippen molar-refractivity contribution in [2.24, 2.45) is 0 Å². The first-order valence-electron chi connectivity index (χ1n) is 6.12. The van der Waals surface area contributed by atoms with Crippen LogP contribution in [0.3, 0.4) is 0 Å². The van der Waals surface area contributed by atoms with E-state index in [9.17, 15) is 4.79 Å². The van der Waals surface area contributed by atoms with Crippen molar-refractivity contribution in [2.45, 2.75) is 12.8 Å². The van der Waals surface area contributed by atoms with Gasteiger partial charge >= 0.3 is 0 Å². The van der Waals surface area contributed by atoms with Gasteiger partial charge in [-0.3, -0.25) is 9.78 Å². The molecule has 3 rings (SSSR count). The first kappa shape index (κ1) is 11.0. The second-order valence-corrected chi connectivity index (χ2v) is 4.46. The predicted molar refractivity (Wildman–Crippen MR) is 70.4 cm³/mol. The highest BCUT2D eigenvalue weighted by molar-refractivity contribution is 5.96. The van der Waals surface area contributed by atoms with E-state index in [4.69, 9.17) is 0 Å². The Balaban J connectivity index is 1.79. The highest BCUT2D eigenvalue weighted by Gasteiger charge is 2.23. The average molecular weight is 238 g/mol. The third kappa shape index (κ3) is 1.99. The van der Waals surface area contributed by atoms with Gasteiger partial charge in [0.1, 0.15) is 0 Å². The van der Waals surface area contributed by atoms with Gasteiger partial charge in [-0.25, -0.2) is 0 Å². The van der Waals surface area contributed by atoms with E-state index >= 15 is 0 Å². The van der Waals surface area contributed by atoms with E-state index in [0.29, 0.717) is 6.42 Å². The first-order chi connectivity index (χ1) is 8.84. The zero-order chi connectivity index (χ0) is 12.4. The molecule has 1 aliphatic heterocycles. The molecule has 1 aromatic carbocycles. The molecule has 0 atom stereocenters. The smallest absolute Gasteiger partial charge is 0.231 e. The highest BCUT2D eigenvalue weighted by atomic mass is 16.2. The summed E-state index contributed by atoms with van der Waals surface area (Å²) in [5, 5.41) is 0. The Morgan fingerprint density at radius 3 is 2.78 bits per heavy atom. The molecule has 2 aromatic rings. The largest absolute Gasteiger partial charge is 0.312 e. The van der Waals surface area contributed by atoms with Crippen LogP contribution in [0.25, 0.3) is 0 Å². The van der Waals surface area contributed by atoms with Crippen molar-refractivity contribution in [3.05, 3.63) is 59.9 Å². The predicted octanol–water partition coefficient (Wildman–Crippen LogP) is 2.21. The molecule has 0 aliphatic carbocycles. The Labute approximate surface area is 106 Å². The maximum Gasteiger partial charge on any atom is 0.231 e. The molecule has 0 fully saturated rings. The van der Waals surface area contributed by atoms with Crippen molar-refractivity contribution in [3.8, 4) is 0 Å². The molecule has 18 heavy (non-hydrogen) atoms. The van der Waals surface area contributed by atoms with Gasteiger partial charge in [0, 0.05) is 24.6 Å². The van der Waals surface area contributed by atoms with Gasteiger partial charge in [0.15, 0.2) is 0 Å². The Morgan fingerprint density at radius 2 is 1.94 bits per heavy atom. The van der Waals surface area contributed by atoms with Crippen LogP contribution in [0, 0.1) is 0 Å². The zero-order valence-corrected chi connectivity index (χ0v) is 10.0. The molecule has 1 aliphatic rings. The van der Waals surface area contributed by atoms with Gasteiger partial charge < -0.3 is 4.90 Å². The number of hydrogen-bond acceptors (Lipinski definition) is 2. The van der Waals surface area contributed by atoms with Gasteiger partial charge in [-0.1, -0.05) is 18.2 Å². The quantitative estimate of drug-likeness (QED) is 0.803. The zero-order valence-electron chi connectivity index (χ0n) is 10.0. The second kappa shape index (κ2) is 4.61. The minimum atomic E-state index is 0.158. The van der Waals surface area contributed by atoms with Crippen LogP contribution < -0.4 is 4.90 Å². The van der Waals surface area contributed by atoms with Crippen LogP contribution in [0.5, 0.6) is 0 Å². The molecule has 0 unspecified atom stereocenters. The van der Waals surface area contributed by atoms with Crippen LogP contribution in [0.1, 0.15) is 11.1 Å². The van der Waals surface area contributed by atoms with E-state index in [1.807, 2.05) is 35.2 Å². The molecule has 0 N–H and O–H groups in total. The number of rotatable bonds is 2. The number of carbonyl (C=O) groups is 1. The van der Waals surface area contributed by atoms with Crippen molar-refractivity contribution >= 4 is 11.6 Å². The fourth-order valence-electron chi connectivity index (χ4n) is 2.37. The molecular weight excluding hydrogens is 224 g/mol. The Hall–Kier alpha value is -2.16. The molecular formula is C15H14N2O. The Bertz CT molecular complexity index is 566. The standard InChI is InChI=1S/C15H14N2O/c18-15(11-12-5-8-16-9-6-12)17-10-7-13-3-1-2-4-14(13)17/h1-6,8-9H,7,10-11H2. The number of para-hydroxylation sites is 1. The Morgan fingerprint density at radius 1 is 1.17 bits per heavy atom. The van der Waals surface area contributed by atoms with Crippen molar-refractivity contribution in [2.75, 3.05) is 11.4 Å². The van der Waals surface area contributed by atoms with Gasteiger partial charge in [-0.2, -0.15) is 0 Å². The molecule has 0 saturated carbocycles. The summed E-state index contributed by atoms with van der Waals surface area (Å²) in [5.74, 6) is 0.158. The lowest BCUT2D eigenvalue weighted by molar-refractivity contribution is -0.117. The summed E-state index contributed by atoms with van der Waals surface area (Å²) in [6.45, 7) is 0.795. The third-order valence-electron chi connectivity index (χ3n) is 3.29. The average Bonchev–Trinajstić information content (AvgIpc) is 2.84. The van der Waals surface area contributed by atoms with Crippen molar-refractivity contribution in [3.63, 3.8) is 0 Å². The topological polar surface area (TPSA) is 33.2 Å². The number of benzene rings is 1. The van der Waals surface area contributed by atoms with E-state index in [1.165, 1.54) is 5.56 Å². The van der Waals surface area contributed by atoms with Gasteiger partial charge in [0.05, 0.1) is 6.42 Å². The third-order valence-corrected chi connectivity index (χ3v) is 3.29. The van der Waals surface area contributed by atoms with Gasteiger partial charge in [-0.15, -0.1) is 0 Å². The normalized spacial score (nSPS) is 13.4. The van der Waals surface area contributed by atoms with Crippen molar-refractivity contribution in [1.29, 1.82) is 0 Å². The summed E-state index contributed by atoms with van der Waals surface area (Å²) in [4.78, 5) is 18.1. The number of amides is 1. The fraction of sp³-hybridized carbons (Fsp3) is 0.200. The number of anilines is 1. The molecule has 1 amide bonds. The van der Waals surface area contributed by atoms with Gasteiger partial charge in [0.2, 0.25) is 5.91 Å². The van der Waals surface area contributed by atoms with E-state index in [-0.39, 0.29) is 5.91 Å². The van der Waals surface area contributed by atoms with E-state index in [1.54, 1.807) is 12.4 Å². The van der Waals surface area contributed by atoms with Crippen LogP contribution >= 0.6 is 0 Å². The maximum atomic E-state index is 12.3. The highest BCUT2D eigenvalue weighted by Crippen LogP contribution is 2.27. The summed E-state index contributed by atoms with van der Waals surface area (Å²) in [6.07, 6.45) is 4.84. The van der Waals surface area contributed by atoms with E-state index in [0.717, 1.165) is 24.2 Å². The summed E-state index contributed by atoms with van der Waals surface area (Å²) in [5.41, 5.74) is 3.34. The lowest BCUT2D eigenvalue weighted by atomic mass is 10.1. The molecule has 3 nitrogen and oxygen atoms in total. The minimum absolute atomic E-state index is 0.158. The van der Waals surface area contributed by atoms with Crippen LogP contribution in [-0.4, -0.2) is 17.4 Å². The summed E-state index contributed by atoms with van der Waals surface area (Å²) < 4.78 is 0. The number of carbonyl (C=O) groups excluding carboxylic acids is 1. The van der Waals surface area contributed by atoms with E-state index < -0.39 is 0 Å². The summed E-state index contributed by atoms with van der Waals surface area (Å²) >= 11 is 0. The molecule has 2 heterocycles. The molecule has 0 saturated heterocycles. The molecule has 3 heteroatoms. The van der Waals surface area contributed by atoms with Crippen LogP contribution in [-0.2, 0) is 17.6 Å². The molecule has 0 bridgehead atoms. The maximum absolute atomic E-state index is 12.3. The number of fused-ring (bicyclic) bond motifs is 1. The molecule has 0 radical (unpaired) electrons. The van der Waals surface area contributed by atoms with Gasteiger partial charge in [0.25, 0.3) is 0 Å². The number of pyridine rings is 1. The lowest BCUT2D eigenvalue weighted by Gasteiger charge is -2.17. The lowest BCUT2D eigenvalue weighted by Crippen LogP contribution is -2.30. The summed E-state index contributed by atoms with van der Waals surface area (Å²) in [7, 11) is 0. The monoisotopic (exact) mass is 238 g/mol. The number of aromatic nitrogens is 1.